The van der Waals surface area contributed by atoms with E-state index in [2.05, 4.69) is 10.2 Å². The smallest absolute Gasteiger partial charge is 0.253 e. The topological polar surface area (TPSA) is 32.3 Å². The van der Waals surface area contributed by atoms with Gasteiger partial charge in [-0.2, -0.15) is 0 Å². The Kier molecular flexibility index (Phi) is 4.38. The fraction of sp³-hybridized carbons (Fsp3) is 0.667. The van der Waals surface area contributed by atoms with Crippen molar-refractivity contribution in [2.45, 2.75) is 75.3 Å². The molecule has 3 nitrogen and oxygen atoms in total. The summed E-state index contributed by atoms with van der Waals surface area (Å²) in [5.41, 5.74) is 1.42. The summed E-state index contributed by atoms with van der Waals surface area (Å²) in [6.07, 6.45) is 12.9. The van der Waals surface area contributed by atoms with Crippen LogP contribution in [0, 0.1) is 0 Å². The second-order valence-electron chi connectivity index (χ2n) is 8.26. The Bertz CT molecular complexity index is 553. The van der Waals surface area contributed by atoms with Gasteiger partial charge in [-0.25, -0.2) is 0 Å². The van der Waals surface area contributed by atoms with Gasteiger partial charge in [0.15, 0.2) is 0 Å². The van der Waals surface area contributed by atoms with Crippen LogP contribution in [-0.2, 0) is 0 Å². The minimum atomic E-state index is 0.220. The van der Waals surface area contributed by atoms with Gasteiger partial charge in [-0.1, -0.05) is 43.9 Å². The summed E-state index contributed by atoms with van der Waals surface area (Å²) in [5, 5.41) is 4.12. The minimum Gasteiger partial charge on any atom is -0.339 e. The number of nitrogens with zero attached hydrogens (tertiary/aromatic N) is 1. The molecule has 2 atom stereocenters. The average molecular weight is 326 g/mol. The number of nitrogens with one attached hydrogen (secondary N) is 1. The summed E-state index contributed by atoms with van der Waals surface area (Å²) < 4.78 is 0. The van der Waals surface area contributed by atoms with E-state index < -0.39 is 0 Å². The van der Waals surface area contributed by atoms with Crippen LogP contribution >= 0.6 is 0 Å². The van der Waals surface area contributed by atoms with Gasteiger partial charge >= 0.3 is 0 Å². The van der Waals surface area contributed by atoms with E-state index >= 15 is 0 Å². The normalized spacial score (nSPS) is 33.8. The van der Waals surface area contributed by atoms with Crippen molar-refractivity contribution in [3.05, 3.63) is 35.9 Å². The number of hydrogen-bond donors (Lipinski definition) is 1. The molecule has 0 aliphatic carbocycles. The summed E-state index contributed by atoms with van der Waals surface area (Å²) >= 11 is 0. The maximum atomic E-state index is 12.9. The zero-order valence-electron chi connectivity index (χ0n) is 14.7. The van der Waals surface area contributed by atoms with Crippen molar-refractivity contribution in [2.75, 3.05) is 13.1 Å². The van der Waals surface area contributed by atoms with E-state index in [1.54, 1.807) is 0 Å². The largest absolute Gasteiger partial charge is 0.339 e. The van der Waals surface area contributed by atoms with Gasteiger partial charge in [-0.3, -0.25) is 4.79 Å². The molecule has 1 aromatic carbocycles. The van der Waals surface area contributed by atoms with E-state index in [4.69, 9.17) is 0 Å². The zero-order chi connectivity index (χ0) is 16.5. The number of rotatable bonds is 1. The molecule has 2 bridgehead atoms. The highest BCUT2D eigenvalue weighted by molar-refractivity contribution is 5.94. The maximum Gasteiger partial charge on any atom is 0.253 e. The third-order valence-corrected chi connectivity index (χ3v) is 6.70. The summed E-state index contributed by atoms with van der Waals surface area (Å²) in [6.45, 7) is 1.80. The molecule has 0 saturated carbocycles. The molecule has 2 unspecified atom stereocenters. The van der Waals surface area contributed by atoms with Crippen LogP contribution in [0.4, 0.5) is 0 Å². The van der Waals surface area contributed by atoms with Crippen molar-refractivity contribution in [3.63, 3.8) is 0 Å². The van der Waals surface area contributed by atoms with Gasteiger partial charge in [-0.05, 0) is 50.7 Å². The van der Waals surface area contributed by atoms with Gasteiger partial charge in [0.05, 0.1) is 0 Å². The standard InChI is InChI=1S/C21H30N2O/c24-19(18-8-4-3-5-9-18)23-16-14-20-10-6-1-2-7-11-21(22-20,13-12-20)15-17-23/h3-5,8-9,22H,1-2,6-7,10-17H2. The second-order valence-corrected chi connectivity index (χ2v) is 8.26. The Morgan fingerprint density at radius 3 is 1.96 bits per heavy atom. The van der Waals surface area contributed by atoms with Crippen molar-refractivity contribution in [2.24, 2.45) is 0 Å². The molecule has 3 heterocycles. The molecule has 0 aromatic heterocycles. The van der Waals surface area contributed by atoms with Gasteiger partial charge in [0.2, 0.25) is 0 Å². The van der Waals surface area contributed by atoms with E-state index in [9.17, 15) is 4.79 Å². The van der Waals surface area contributed by atoms with Crippen molar-refractivity contribution in [1.29, 1.82) is 0 Å². The highest BCUT2D eigenvalue weighted by Gasteiger charge is 2.48. The molecule has 130 valence electrons. The third-order valence-electron chi connectivity index (χ3n) is 6.70. The lowest BCUT2D eigenvalue weighted by Gasteiger charge is -2.41. The zero-order valence-corrected chi connectivity index (χ0v) is 14.7. The quantitative estimate of drug-likeness (QED) is 0.841. The van der Waals surface area contributed by atoms with Crippen LogP contribution in [0.5, 0.6) is 0 Å². The number of amides is 1. The van der Waals surface area contributed by atoms with E-state index in [-0.39, 0.29) is 5.91 Å². The van der Waals surface area contributed by atoms with Crippen LogP contribution in [0.1, 0.15) is 74.6 Å². The fourth-order valence-electron chi connectivity index (χ4n) is 5.22. The summed E-state index contributed by atoms with van der Waals surface area (Å²) in [4.78, 5) is 15.1. The van der Waals surface area contributed by atoms with Gasteiger partial charge in [-0.15, -0.1) is 0 Å². The van der Waals surface area contributed by atoms with Crippen LogP contribution in [0.25, 0.3) is 0 Å². The molecule has 1 amide bonds. The number of benzene rings is 1. The first-order valence-corrected chi connectivity index (χ1v) is 9.84. The first kappa shape index (κ1) is 16.1. The van der Waals surface area contributed by atoms with Crippen molar-refractivity contribution in [3.8, 4) is 0 Å². The van der Waals surface area contributed by atoms with Crippen molar-refractivity contribution < 1.29 is 4.79 Å². The van der Waals surface area contributed by atoms with Crippen molar-refractivity contribution >= 4 is 5.91 Å². The van der Waals surface area contributed by atoms with E-state index in [1.165, 1.54) is 51.4 Å². The molecule has 4 rings (SSSR count). The maximum absolute atomic E-state index is 12.9. The molecule has 3 aliphatic heterocycles. The first-order valence-electron chi connectivity index (χ1n) is 9.84. The fourth-order valence-corrected chi connectivity index (χ4v) is 5.22. The predicted molar refractivity (Wildman–Crippen MR) is 97.1 cm³/mol. The predicted octanol–water partition coefficient (Wildman–Crippen LogP) is 4.14. The van der Waals surface area contributed by atoms with Crippen LogP contribution in [0.2, 0.25) is 0 Å². The molecule has 3 heteroatoms. The molecule has 3 fully saturated rings. The summed E-state index contributed by atoms with van der Waals surface area (Å²) in [6, 6.07) is 9.82. The third kappa shape index (κ3) is 3.11. The van der Waals surface area contributed by atoms with Crippen LogP contribution < -0.4 is 5.32 Å². The highest BCUT2D eigenvalue weighted by Crippen LogP contribution is 2.44. The van der Waals surface area contributed by atoms with Gasteiger partial charge in [0.25, 0.3) is 5.91 Å². The number of carbonyl (C=O) groups is 1. The Balaban J connectivity index is 1.56. The Morgan fingerprint density at radius 2 is 1.38 bits per heavy atom. The van der Waals surface area contributed by atoms with E-state index in [0.717, 1.165) is 31.5 Å². The second kappa shape index (κ2) is 6.51. The van der Waals surface area contributed by atoms with Crippen molar-refractivity contribution in [1.82, 2.24) is 10.2 Å². The molecule has 0 radical (unpaired) electrons. The lowest BCUT2D eigenvalue weighted by molar-refractivity contribution is 0.0686. The van der Waals surface area contributed by atoms with Gasteiger partial charge in [0, 0.05) is 29.7 Å². The van der Waals surface area contributed by atoms with Gasteiger partial charge < -0.3 is 10.2 Å². The molecule has 1 aromatic rings. The monoisotopic (exact) mass is 326 g/mol. The SMILES string of the molecule is O=C(c1ccccc1)N1CCC23CCCCCCC(CC1)(CC2)N3. The number of hydrogen-bond acceptors (Lipinski definition) is 2. The Morgan fingerprint density at radius 1 is 0.792 bits per heavy atom. The summed E-state index contributed by atoms with van der Waals surface area (Å²) in [5.74, 6) is 0.220. The molecule has 3 saturated heterocycles. The van der Waals surface area contributed by atoms with E-state index in [0.29, 0.717) is 11.1 Å². The van der Waals surface area contributed by atoms with Gasteiger partial charge in [0.1, 0.15) is 0 Å². The Labute approximate surface area is 145 Å². The van der Waals surface area contributed by atoms with Crippen LogP contribution in [0.15, 0.2) is 30.3 Å². The molecule has 0 spiro atoms. The van der Waals surface area contributed by atoms with Crippen LogP contribution in [0.3, 0.4) is 0 Å². The summed E-state index contributed by atoms with van der Waals surface area (Å²) in [7, 11) is 0. The molecular formula is C21H30N2O. The lowest BCUT2D eigenvalue weighted by atomic mass is 9.85. The lowest BCUT2D eigenvalue weighted by Crippen LogP contribution is -2.55. The highest BCUT2D eigenvalue weighted by atomic mass is 16.2. The molecule has 24 heavy (non-hydrogen) atoms. The average Bonchev–Trinajstić information content (AvgIpc) is 3.03. The minimum absolute atomic E-state index is 0.220. The molecule has 1 N–H and O–H groups in total. The number of carbonyl (C=O) groups excluding carboxylic acids is 1. The molecule has 3 aliphatic rings. The molecular weight excluding hydrogens is 296 g/mol. The van der Waals surface area contributed by atoms with Crippen LogP contribution in [-0.4, -0.2) is 35.0 Å². The Hall–Kier alpha value is -1.35. The van der Waals surface area contributed by atoms with E-state index in [1.807, 2.05) is 30.3 Å². The first-order chi connectivity index (χ1) is 11.7.